The van der Waals surface area contributed by atoms with Crippen LogP contribution in [-0.2, 0) is 17.6 Å². The van der Waals surface area contributed by atoms with Gasteiger partial charge in [0.25, 0.3) is 0 Å². The molecule has 1 unspecified atom stereocenters. The number of hydrogen-bond acceptors (Lipinski definition) is 4. The maximum Gasteiger partial charge on any atom is 0.223 e. The van der Waals surface area contributed by atoms with Crippen LogP contribution in [0.5, 0.6) is 0 Å². The van der Waals surface area contributed by atoms with E-state index in [0.29, 0.717) is 18.9 Å². The second-order valence-electron chi connectivity index (χ2n) is 7.40. The van der Waals surface area contributed by atoms with Crippen molar-refractivity contribution in [1.82, 2.24) is 15.1 Å². The predicted molar refractivity (Wildman–Crippen MR) is 99.0 cm³/mol. The summed E-state index contributed by atoms with van der Waals surface area (Å²) >= 11 is 0. The van der Waals surface area contributed by atoms with E-state index in [9.17, 15) is 9.59 Å². The van der Waals surface area contributed by atoms with Crippen molar-refractivity contribution in [3.05, 3.63) is 34.9 Å². The van der Waals surface area contributed by atoms with Crippen molar-refractivity contribution in [3.63, 3.8) is 0 Å². The summed E-state index contributed by atoms with van der Waals surface area (Å²) in [5.74, 6) is 0.188. The molecule has 1 aromatic carbocycles. The number of likely N-dealkylation sites (tertiary alicyclic amines) is 1. The predicted octanol–water partition coefficient (Wildman–Crippen LogP) is 1.50. The van der Waals surface area contributed by atoms with Crippen molar-refractivity contribution < 1.29 is 9.59 Å². The molecule has 2 aliphatic heterocycles. The fraction of sp³-hybridized carbons (Fsp3) is 0.600. The molecule has 0 spiro atoms. The molecule has 0 radical (unpaired) electrons. The van der Waals surface area contributed by atoms with Crippen LogP contribution in [0.25, 0.3) is 0 Å². The summed E-state index contributed by atoms with van der Waals surface area (Å²) in [6.07, 6.45) is 3.63. The van der Waals surface area contributed by atoms with E-state index in [1.54, 1.807) is 0 Å². The van der Waals surface area contributed by atoms with Crippen LogP contribution in [0.4, 0.5) is 0 Å². The van der Waals surface area contributed by atoms with Gasteiger partial charge >= 0.3 is 0 Å². The Kier molecular flexibility index (Phi) is 5.86. The van der Waals surface area contributed by atoms with E-state index >= 15 is 0 Å². The van der Waals surface area contributed by atoms with Crippen molar-refractivity contribution in [1.29, 1.82) is 0 Å². The number of benzene rings is 1. The average molecular weight is 343 g/mol. The number of nitrogens with zero attached hydrogens (tertiary/aromatic N) is 2. The molecular weight excluding hydrogens is 314 g/mol. The van der Waals surface area contributed by atoms with Gasteiger partial charge in [-0.15, -0.1) is 0 Å². The normalized spacial score (nSPS) is 20.4. The zero-order valence-electron chi connectivity index (χ0n) is 15.4. The van der Waals surface area contributed by atoms with Crippen LogP contribution in [-0.4, -0.2) is 67.8 Å². The largest absolute Gasteiger partial charge is 0.341 e. The van der Waals surface area contributed by atoms with Gasteiger partial charge in [0.1, 0.15) is 0 Å². The molecule has 0 aromatic heterocycles. The molecule has 1 fully saturated rings. The molecule has 5 heteroatoms. The Morgan fingerprint density at radius 1 is 1.16 bits per heavy atom. The number of ketones is 1. The fourth-order valence-electron chi connectivity index (χ4n) is 3.76. The number of rotatable bonds is 5. The lowest BCUT2D eigenvalue weighted by atomic mass is 9.97. The van der Waals surface area contributed by atoms with Crippen LogP contribution in [0.2, 0.25) is 0 Å². The van der Waals surface area contributed by atoms with Gasteiger partial charge in [0.05, 0.1) is 0 Å². The molecule has 5 nitrogen and oxygen atoms in total. The number of carbonyl (C=O) groups excluding carboxylic acids is 2. The van der Waals surface area contributed by atoms with E-state index < -0.39 is 0 Å². The van der Waals surface area contributed by atoms with E-state index in [1.807, 2.05) is 17.0 Å². The Bertz CT molecular complexity index is 642. The third-order valence-corrected chi connectivity index (χ3v) is 5.48. The highest BCUT2D eigenvalue weighted by atomic mass is 16.2. The van der Waals surface area contributed by atoms with E-state index in [0.717, 1.165) is 51.0 Å². The summed E-state index contributed by atoms with van der Waals surface area (Å²) in [6.45, 7) is 3.55. The van der Waals surface area contributed by atoms with Crippen LogP contribution >= 0.6 is 0 Å². The van der Waals surface area contributed by atoms with Crippen LogP contribution in [0, 0.1) is 0 Å². The third-order valence-electron chi connectivity index (χ3n) is 5.48. The molecule has 1 saturated heterocycles. The quantitative estimate of drug-likeness (QED) is 0.823. The molecule has 1 amide bonds. The molecule has 25 heavy (non-hydrogen) atoms. The fourth-order valence-corrected chi connectivity index (χ4v) is 3.76. The minimum Gasteiger partial charge on any atom is -0.341 e. The molecule has 0 aliphatic carbocycles. The third kappa shape index (κ3) is 4.47. The first-order valence-corrected chi connectivity index (χ1v) is 9.34. The van der Waals surface area contributed by atoms with Gasteiger partial charge < -0.3 is 15.1 Å². The van der Waals surface area contributed by atoms with Crippen molar-refractivity contribution >= 4 is 11.7 Å². The van der Waals surface area contributed by atoms with Gasteiger partial charge in [-0.05, 0) is 63.6 Å². The summed E-state index contributed by atoms with van der Waals surface area (Å²) < 4.78 is 0. The zero-order chi connectivity index (χ0) is 17.8. The summed E-state index contributed by atoms with van der Waals surface area (Å²) in [5, 5.41) is 3.39. The lowest BCUT2D eigenvalue weighted by molar-refractivity contribution is -0.130. The van der Waals surface area contributed by atoms with E-state index in [-0.39, 0.29) is 11.7 Å². The second-order valence-corrected chi connectivity index (χ2v) is 7.40. The van der Waals surface area contributed by atoms with Gasteiger partial charge in [-0.2, -0.15) is 0 Å². The molecule has 0 saturated carbocycles. The molecule has 0 bridgehead atoms. The van der Waals surface area contributed by atoms with E-state index in [2.05, 4.69) is 30.4 Å². The van der Waals surface area contributed by atoms with Crippen LogP contribution in [0.3, 0.4) is 0 Å². The summed E-state index contributed by atoms with van der Waals surface area (Å²) in [6, 6.07) is 6.49. The number of fused-ring (bicyclic) bond motifs is 1. The number of likely N-dealkylation sites (N-methyl/N-ethyl adjacent to an activating group) is 1. The van der Waals surface area contributed by atoms with E-state index in [4.69, 9.17) is 0 Å². The lowest BCUT2D eigenvalue weighted by Crippen LogP contribution is -2.34. The van der Waals surface area contributed by atoms with Crippen molar-refractivity contribution in [3.8, 4) is 0 Å². The first-order valence-electron chi connectivity index (χ1n) is 9.34. The first kappa shape index (κ1) is 18.1. The maximum absolute atomic E-state index is 12.5. The molecule has 1 N–H and O–H groups in total. The smallest absolute Gasteiger partial charge is 0.223 e. The summed E-state index contributed by atoms with van der Waals surface area (Å²) in [7, 11) is 4.10. The highest BCUT2D eigenvalue weighted by Gasteiger charge is 2.27. The molecule has 2 heterocycles. The van der Waals surface area contributed by atoms with Gasteiger partial charge in [-0.1, -0.05) is 12.1 Å². The van der Waals surface area contributed by atoms with Crippen LogP contribution in [0.1, 0.15) is 40.7 Å². The highest BCUT2D eigenvalue weighted by molar-refractivity contribution is 5.98. The Morgan fingerprint density at radius 2 is 1.92 bits per heavy atom. The number of hydrogen-bond donors (Lipinski definition) is 1. The number of Topliss-reactive ketones (excluding diaryl/α,β-unsaturated/α-hetero) is 1. The SMILES string of the molecule is CN(C)C1CCN(C(=O)CCC(=O)c2ccc3c(c2)CCNCC3)C1. The van der Waals surface area contributed by atoms with Crippen LogP contribution < -0.4 is 5.32 Å². The second kappa shape index (κ2) is 8.11. The maximum atomic E-state index is 12.5. The molecule has 2 aliphatic rings. The topological polar surface area (TPSA) is 52.7 Å². The molecule has 1 aromatic rings. The van der Waals surface area contributed by atoms with Gasteiger partial charge in [0, 0.05) is 37.5 Å². The first-order chi connectivity index (χ1) is 12.0. The van der Waals surface area contributed by atoms with Crippen LogP contribution in [0.15, 0.2) is 18.2 Å². The van der Waals surface area contributed by atoms with Gasteiger partial charge in [0.2, 0.25) is 5.91 Å². The van der Waals surface area contributed by atoms with Crippen molar-refractivity contribution in [2.24, 2.45) is 0 Å². The van der Waals surface area contributed by atoms with Gasteiger partial charge in [-0.25, -0.2) is 0 Å². The molecule has 136 valence electrons. The number of carbonyl (C=O) groups is 2. The van der Waals surface area contributed by atoms with Crippen molar-refractivity contribution in [2.75, 3.05) is 40.3 Å². The number of nitrogens with one attached hydrogen (secondary N) is 1. The minimum absolute atomic E-state index is 0.0803. The van der Waals surface area contributed by atoms with E-state index in [1.165, 1.54) is 11.1 Å². The Hall–Kier alpha value is -1.72. The zero-order valence-corrected chi connectivity index (χ0v) is 15.4. The van der Waals surface area contributed by atoms with Gasteiger partial charge in [0.15, 0.2) is 5.78 Å². The average Bonchev–Trinajstić information content (AvgIpc) is 2.99. The summed E-state index contributed by atoms with van der Waals surface area (Å²) in [4.78, 5) is 29.0. The van der Waals surface area contributed by atoms with Crippen molar-refractivity contribution in [2.45, 2.75) is 38.1 Å². The monoisotopic (exact) mass is 343 g/mol. The summed E-state index contributed by atoms with van der Waals surface area (Å²) in [5.41, 5.74) is 3.36. The molecule has 1 atom stereocenters. The Balaban J connectivity index is 1.54. The highest BCUT2D eigenvalue weighted by Crippen LogP contribution is 2.18. The molecular formula is C20H29N3O2. The van der Waals surface area contributed by atoms with Gasteiger partial charge in [-0.3, -0.25) is 9.59 Å². The number of amides is 1. The minimum atomic E-state index is 0.0803. The standard InChI is InChI=1S/C20H29N3O2/c1-22(2)18-9-12-23(14-18)20(25)6-5-19(24)17-4-3-15-7-10-21-11-8-16(15)13-17/h3-4,13,18,21H,5-12,14H2,1-2H3. The molecule has 3 rings (SSSR count). The lowest BCUT2D eigenvalue weighted by Gasteiger charge is -2.20. The Morgan fingerprint density at radius 3 is 2.64 bits per heavy atom. The Labute approximate surface area is 150 Å².